The van der Waals surface area contributed by atoms with E-state index in [1.807, 2.05) is 0 Å². The fourth-order valence-corrected chi connectivity index (χ4v) is 2.82. The van der Waals surface area contributed by atoms with Gasteiger partial charge in [0.1, 0.15) is 11.5 Å². The van der Waals surface area contributed by atoms with E-state index >= 15 is 0 Å². The summed E-state index contributed by atoms with van der Waals surface area (Å²) in [6.07, 6.45) is 1.61. The molecule has 1 amide bonds. The van der Waals surface area contributed by atoms with Crippen LogP contribution in [0.2, 0.25) is 10.0 Å². The highest BCUT2D eigenvalue weighted by atomic mass is 35.5. The Labute approximate surface area is 154 Å². The molecule has 1 aliphatic heterocycles. The van der Waals surface area contributed by atoms with Crippen LogP contribution in [0.1, 0.15) is 11.1 Å². The van der Waals surface area contributed by atoms with Crippen LogP contribution in [0.25, 0.3) is 6.08 Å². The first kappa shape index (κ1) is 17.3. The number of hydrogen-bond donors (Lipinski definition) is 1. The summed E-state index contributed by atoms with van der Waals surface area (Å²) in [5.41, 5.74) is 1.62. The van der Waals surface area contributed by atoms with Crippen LogP contribution in [0.15, 0.2) is 47.1 Å². The molecule has 3 rings (SSSR count). The van der Waals surface area contributed by atoms with E-state index in [0.717, 1.165) is 0 Å². The van der Waals surface area contributed by atoms with Gasteiger partial charge in [0.05, 0.1) is 14.2 Å². The van der Waals surface area contributed by atoms with Gasteiger partial charge in [-0.2, -0.15) is 0 Å². The van der Waals surface area contributed by atoms with Crippen molar-refractivity contribution >= 4 is 41.0 Å². The Morgan fingerprint density at radius 2 is 1.80 bits per heavy atom. The molecular weight excluding hydrogens is 363 g/mol. The quantitative estimate of drug-likeness (QED) is 0.822. The molecule has 1 aliphatic rings. The van der Waals surface area contributed by atoms with Crippen LogP contribution in [-0.4, -0.2) is 26.0 Å². The third kappa shape index (κ3) is 3.62. The number of amides is 1. The maximum absolute atomic E-state index is 12.2. The summed E-state index contributed by atoms with van der Waals surface area (Å²) >= 11 is 12.0. The van der Waals surface area contributed by atoms with E-state index in [9.17, 15) is 4.79 Å². The van der Waals surface area contributed by atoms with E-state index in [2.05, 4.69) is 10.3 Å². The van der Waals surface area contributed by atoms with Crippen molar-refractivity contribution in [2.24, 2.45) is 4.99 Å². The highest BCUT2D eigenvalue weighted by Crippen LogP contribution is 2.29. The second-order valence-corrected chi connectivity index (χ2v) is 6.02. The average molecular weight is 377 g/mol. The molecule has 128 valence electrons. The first-order valence-electron chi connectivity index (χ1n) is 7.31. The maximum atomic E-state index is 12.2. The predicted molar refractivity (Wildman–Crippen MR) is 98.7 cm³/mol. The fourth-order valence-electron chi connectivity index (χ4n) is 2.35. The summed E-state index contributed by atoms with van der Waals surface area (Å²) in [5.74, 6) is 1.27. The summed E-state index contributed by atoms with van der Waals surface area (Å²) in [7, 11) is 3.10. The number of ether oxygens (including phenoxy) is 2. The monoisotopic (exact) mass is 376 g/mol. The highest BCUT2D eigenvalue weighted by molar-refractivity contribution is 6.35. The van der Waals surface area contributed by atoms with Gasteiger partial charge in [-0.25, -0.2) is 4.99 Å². The fraction of sp³-hybridized carbons (Fsp3) is 0.111. The Morgan fingerprint density at radius 3 is 2.48 bits per heavy atom. The Bertz CT molecular complexity index is 907. The number of aliphatic imine (C=N–C) groups is 1. The smallest absolute Gasteiger partial charge is 0.275 e. The lowest BCUT2D eigenvalue weighted by molar-refractivity contribution is -0.115. The summed E-state index contributed by atoms with van der Waals surface area (Å²) in [6.45, 7) is 0. The van der Waals surface area contributed by atoms with Crippen LogP contribution >= 0.6 is 23.2 Å². The third-order valence-corrected chi connectivity index (χ3v) is 4.17. The van der Waals surface area contributed by atoms with Crippen LogP contribution in [0.5, 0.6) is 11.5 Å². The zero-order valence-corrected chi connectivity index (χ0v) is 15.0. The van der Waals surface area contributed by atoms with Crippen LogP contribution in [0.4, 0.5) is 0 Å². The third-order valence-electron chi connectivity index (χ3n) is 3.61. The molecule has 0 atom stereocenters. The van der Waals surface area contributed by atoms with Crippen molar-refractivity contribution in [2.75, 3.05) is 14.2 Å². The van der Waals surface area contributed by atoms with E-state index < -0.39 is 0 Å². The second-order valence-electron chi connectivity index (χ2n) is 5.18. The first-order valence-corrected chi connectivity index (χ1v) is 8.06. The molecule has 1 heterocycles. The number of hydrogen-bond acceptors (Lipinski definition) is 4. The molecule has 7 heteroatoms. The van der Waals surface area contributed by atoms with Crippen molar-refractivity contribution in [2.45, 2.75) is 0 Å². The van der Waals surface area contributed by atoms with Gasteiger partial charge in [0, 0.05) is 15.6 Å². The largest absolute Gasteiger partial charge is 0.493 e. The Hall–Kier alpha value is -2.50. The molecule has 2 aromatic carbocycles. The predicted octanol–water partition coefficient (Wildman–Crippen LogP) is 3.93. The lowest BCUT2D eigenvalue weighted by atomic mass is 10.2. The van der Waals surface area contributed by atoms with Crippen molar-refractivity contribution in [3.63, 3.8) is 0 Å². The minimum Gasteiger partial charge on any atom is -0.493 e. The van der Waals surface area contributed by atoms with Gasteiger partial charge in [-0.1, -0.05) is 29.3 Å². The molecule has 0 unspecified atom stereocenters. The van der Waals surface area contributed by atoms with E-state index in [1.54, 1.807) is 56.7 Å². The topological polar surface area (TPSA) is 59.9 Å². The number of halogens is 2. The Morgan fingerprint density at radius 1 is 1.04 bits per heavy atom. The van der Waals surface area contributed by atoms with E-state index in [-0.39, 0.29) is 11.6 Å². The average Bonchev–Trinajstić information content (AvgIpc) is 2.97. The Balaban J connectivity index is 1.96. The molecule has 0 aliphatic carbocycles. The van der Waals surface area contributed by atoms with Gasteiger partial charge < -0.3 is 14.8 Å². The second kappa shape index (κ2) is 7.17. The van der Waals surface area contributed by atoms with E-state index in [0.29, 0.717) is 38.5 Å². The number of methoxy groups -OCH3 is 2. The van der Waals surface area contributed by atoms with Crippen molar-refractivity contribution in [1.82, 2.24) is 5.32 Å². The molecular formula is C18H14Cl2N2O3. The standard InChI is InChI=1S/C18H14Cl2N2O3/c1-24-15-6-4-11(8-16(15)25-2)17-21-14(18(23)22-17)7-10-3-5-12(19)9-13(10)20/h3-9H,1-2H3,(H,21,22,23)/b14-7-. The van der Waals surface area contributed by atoms with Crippen LogP contribution in [0.3, 0.4) is 0 Å². The molecule has 0 saturated carbocycles. The minimum absolute atomic E-state index is 0.258. The SMILES string of the molecule is COc1ccc(C2=N/C(=C\c3ccc(Cl)cc3Cl)C(=O)N2)cc1OC. The molecule has 1 N–H and O–H groups in total. The lowest BCUT2D eigenvalue weighted by Gasteiger charge is -2.09. The summed E-state index contributed by atoms with van der Waals surface area (Å²) in [4.78, 5) is 16.6. The van der Waals surface area contributed by atoms with E-state index in [4.69, 9.17) is 32.7 Å². The van der Waals surface area contributed by atoms with Gasteiger partial charge in [0.2, 0.25) is 0 Å². The van der Waals surface area contributed by atoms with Gasteiger partial charge in [0.25, 0.3) is 5.91 Å². The molecule has 0 spiro atoms. The number of carbonyl (C=O) groups excluding carboxylic acids is 1. The van der Waals surface area contributed by atoms with Gasteiger partial charge >= 0.3 is 0 Å². The van der Waals surface area contributed by atoms with E-state index in [1.165, 1.54) is 0 Å². The van der Waals surface area contributed by atoms with Crippen molar-refractivity contribution in [3.8, 4) is 11.5 Å². The molecule has 0 fully saturated rings. The molecule has 5 nitrogen and oxygen atoms in total. The number of rotatable bonds is 4. The number of carbonyl (C=O) groups is 1. The first-order chi connectivity index (χ1) is 12.0. The van der Waals surface area contributed by atoms with Gasteiger partial charge in [0.15, 0.2) is 11.5 Å². The number of nitrogens with zero attached hydrogens (tertiary/aromatic N) is 1. The van der Waals surface area contributed by atoms with Crippen LogP contribution < -0.4 is 14.8 Å². The molecule has 0 aromatic heterocycles. The van der Waals surface area contributed by atoms with Crippen LogP contribution in [-0.2, 0) is 4.79 Å². The maximum Gasteiger partial charge on any atom is 0.275 e. The summed E-state index contributed by atoms with van der Waals surface area (Å²) < 4.78 is 10.5. The lowest BCUT2D eigenvalue weighted by Crippen LogP contribution is -2.24. The van der Waals surface area contributed by atoms with Gasteiger partial charge in [-0.3, -0.25) is 4.79 Å². The summed E-state index contributed by atoms with van der Waals surface area (Å²) in [6, 6.07) is 10.3. The number of nitrogens with one attached hydrogen (secondary N) is 1. The highest BCUT2D eigenvalue weighted by Gasteiger charge is 2.22. The van der Waals surface area contributed by atoms with Crippen LogP contribution in [0, 0.1) is 0 Å². The normalized spacial score (nSPS) is 15.1. The van der Waals surface area contributed by atoms with Crippen molar-refractivity contribution < 1.29 is 14.3 Å². The zero-order valence-electron chi connectivity index (χ0n) is 13.5. The summed E-state index contributed by atoms with van der Waals surface area (Å²) in [5, 5.41) is 3.71. The van der Waals surface area contributed by atoms with Crippen molar-refractivity contribution in [1.29, 1.82) is 0 Å². The molecule has 25 heavy (non-hydrogen) atoms. The van der Waals surface area contributed by atoms with Crippen molar-refractivity contribution in [3.05, 3.63) is 63.3 Å². The molecule has 0 saturated heterocycles. The molecule has 0 bridgehead atoms. The Kier molecular flexibility index (Phi) is 4.97. The molecule has 2 aromatic rings. The molecule has 0 radical (unpaired) electrons. The zero-order chi connectivity index (χ0) is 18.0. The van der Waals surface area contributed by atoms with Gasteiger partial charge in [-0.05, 0) is 42.0 Å². The number of amidine groups is 1. The van der Waals surface area contributed by atoms with Gasteiger partial charge in [-0.15, -0.1) is 0 Å². The number of benzene rings is 2. The minimum atomic E-state index is -0.309.